The van der Waals surface area contributed by atoms with E-state index < -0.39 is 10.0 Å². The second-order valence-corrected chi connectivity index (χ2v) is 8.30. The van der Waals surface area contributed by atoms with Gasteiger partial charge in [0.05, 0.1) is 12.0 Å². The van der Waals surface area contributed by atoms with Gasteiger partial charge in [-0.15, -0.1) is 0 Å². The number of rotatable bonds is 5. The molecule has 0 radical (unpaired) electrons. The molecule has 2 aromatic rings. The molecule has 0 bridgehead atoms. The van der Waals surface area contributed by atoms with Gasteiger partial charge in [0.1, 0.15) is 5.82 Å². The first-order chi connectivity index (χ1) is 12.4. The number of furan rings is 1. The summed E-state index contributed by atoms with van der Waals surface area (Å²) in [5.41, 5.74) is 1.32. The molecular weight excluding hydrogens is 359 g/mol. The highest BCUT2D eigenvalue weighted by molar-refractivity contribution is 7.89. The molecule has 26 heavy (non-hydrogen) atoms. The van der Waals surface area contributed by atoms with Gasteiger partial charge in [0.2, 0.25) is 10.0 Å². The molecule has 1 N–H and O–H groups in total. The third-order valence-corrected chi connectivity index (χ3v) is 5.98. The highest BCUT2D eigenvalue weighted by atomic mass is 32.2. The predicted octanol–water partition coefficient (Wildman–Crippen LogP) is 2.63. The molecule has 1 fully saturated rings. The maximum atomic E-state index is 13.1. The van der Waals surface area contributed by atoms with Crippen LogP contribution in [0.15, 0.2) is 41.0 Å². The van der Waals surface area contributed by atoms with Gasteiger partial charge in [-0.25, -0.2) is 17.5 Å². The molecule has 6 nitrogen and oxygen atoms in total. The van der Waals surface area contributed by atoms with Crippen LogP contribution >= 0.6 is 0 Å². The molecular formula is C18H21FN2O4S. The monoisotopic (exact) mass is 380 g/mol. The van der Waals surface area contributed by atoms with Crippen molar-refractivity contribution in [1.29, 1.82) is 0 Å². The maximum Gasteiger partial charge on any atom is 0.290 e. The van der Waals surface area contributed by atoms with E-state index in [0.717, 1.165) is 0 Å². The molecule has 1 aliphatic heterocycles. The number of carbonyl (C=O) groups excluding carboxylic acids is 1. The molecule has 0 unspecified atom stereocenters. The quantitative estimate of drug-likeness (QED) is 0.865. The van der Waals surface area contributed by atoms with Crippen LogP contribution in [0.25, 0.3) is 11.1 Å². The van der Waals surface area contributed by atoms with Crippen LogP contribution in [0.2, 0.25) is 0 Å². The van der Waals surface area contributed by atoms with Crippen LogP contribution in [-0.2, 0) is 10.0 Å². The van der Waals surface area contributed by atoms with Gasteiger partial charge in [0.15, 0.2) is 5.76 Å². The minimum atomic E-state index is -3.25. The van der Waals surface area contributed by atoms with E-state index in [-0.39, 0.29) is 29.3 Å². The minimum absolute atomic E-state index is 0.0412. The summed E-state index contributed by atoms with van der Waals surface area (Å²) >= 11 is 0. The predicted molar refractivity (Wildman–Crippen MR) is 95.6 cm³/mol. The Morgan fingerprint density at radius 3 is 2.50 bits per heavy atom. The zero-order valence-electron chi connectivity index (χ0n) is 14.4. The van der Waals surface area contributed by atoms with Crippen LogP contribution in [0.1, 0.15) is 30.3 Å². The van der Waals surface area contributed by atoms with Gasteiger partial charge in [-0.1, -0.05) is 12.1 Å². The van der Waals surface area contributed by atoms with Crippen LogP contribution in [0.4, 0.5) is 4.39 Å². The fourth-order valence-electron chi connectivity index (χ4n) is 3.01. The molecule has 0 atom stereocenters. The van der Waals surface area contributed by atoms with Gasteiger partial charge in [0.25, 0.3) is 5.91 Å². The Kier molecular flexibility index (Phi) is 5.43. The van der Waals surface area contributed by atoms with Crippen LogP contribution < -0.4 is 4.72 Å². The van der Waals surface area contributed by atoms with Gasteiger partial charge < -0.3 is 9.32 Å². The van der Waals surface area contributed by atoms with E-state index in [9.17, 15) is 17.6 Å². The molecule has 140 valence electrons. The SMILES string of the molecule is CCS(=O)(=O)NC1CCN(C(=O)c2occc2-c2ccc(F)cc2)CC1. The molecule has 1 saturated heterocycles. The Balaban J connectivity index is 1.68. The Labute approximate surface area is 152 Å². The molecule has 2 heterocycles. The molecule has 1 aromatic carbocycles. The number of nitrogens with zero attached hydrogens (tertiary/aromatic N) is 1. The van der Waals surface area contributed by atoms with E-state index in [1.807, 2.05) is 0 Å². The van der Waals surface area contributed by atoms with Crippen molar-refractivity contribution in [3.05, 3.63) is 48.2 Å². The summed E-state index contributed by atoms with van der Waals surface area (Å²) in [6, 6.07) is 7.40. The third-order valence-electron chi connectivity index (χ3n) is 4.52. The van der Waals surface area contributed by atoms with Gasteiger partial charge in [0, 0.05) is 24.7 Å². The Morgan fingerprint density at radius 1 is 1.23 bits per heavy atom. The number of carbonyl (C=O) groups is 1. The smallest absolute Gasteiger partial charge is 0.290 e. The van der Waals surface area contributed by atoms with Crippen molar-refractivity contribution in [2.45, 2.75) is 25.8 Å². The third kappa shape index (κ3) is 4.13. The largest absolute Gasteiger partial charge is 0.459 e. The first kappa shape index (κ1) is 18.6. The Morgan fingerprint density at radius 2 is 1.88 bits per heavy atom. The number of amides is 1. The summed E-state index contributed by atoms with van der Waals surface area (Å²) in [5.74, 6) is -0.336. The van der Waals surface area contributed by atoms with E-state index in [2.05, 4.69) is 4.72 Å². The molecule has 1 aromatic heterocycles. The van der Waals surface area contributed by atoms with Crippen molar-refractivity contribution < 1.29 is 22.0 Å². The summed E-state index contributed by atoms with van der Waals surface area (Å²) in [7, 11) is -3.25. The lowest BCUT2D eigenvalue weighted by molar-refractivity contribution is 0.0680. The summed E-state index contributed by atoms with van der Waals surface area (Å²) in [5, 5.41) is 0. The first-order valence-corrected chi connectivity index (χ1v) is 10.2. The average molecular weight is 380 g/mol. The molecule has 0 saturated carbocycles. The zero-order valence-corrected chi connectivity index (χ0v) is 15.3. The second kappa shape index (κ2) is 7.59. The summed E-state index contributed by atoms with van der Waals surface area (Å²) in [6.07, 6.45) is 2.54. The number of halogens is 1. The fraction of sp³-hybridized carbons (Fsp3) is 0.389. The van der Waals surface area contributed by atoms with E-state index in [1.54, 1.807) is 30.0 Å². The number of piperidine rings is 1. The lowest BCUT2D eigenvalue weighted by Crippen LogP contribution is -2.46. The summed E-state index contributed by atoms with van der Waals surface area (Å²) in [6.45, 7) is 2.48. The summed E-state index contributed by atoms with van der Waals surface area (Å²) in [4.78, 5) is 14.4. The Hall–Kier alpha value is -2.19. The van der Waals surface area contributed by atoms with E-state index >= 15 is 0 Å². The van der Waals surface area contributed by atoms with Gasteiger partial charge in [-0.3, -0.25) is 4.79 Å². The Bertz CT molecular complexity index is 869. The van der Waals surface area contributed by atoms with E-state index in [0.29, 0.717) is 37.1 Å². The highest BCUT2D eigenvalue weighted by Gasteiger charge is 2.28. The standard InChI is InChI=1S/C18H21FN2O4S/c1-2-26(23,24)20-15-7-10-21(11-8-15)18(22)17-16(9-12-25-17)13-3-5-14(19)6-4-13/h3-6,9,12,15,20H,2,7-8,10-11H2,1H3. The molecule has 3 rings (SSSR count). The molecule has 0 aliphatic carbocycles. The number of sulfonamides is 1. The normalized spacial score (nSPS) is 16.0. The minimum Gasteiger partial charge on any atom is -0.459 e. The summed E-state index contributed by atoms with van der Waals surface area (Å²) < 4.78 is 44.5. The number of nitrogens with one attached hydrogen (secondary N) is 1. The number of hydrogen-bond acceptors (Lipinski definition) is 4. The molecule has 1 amide bonds. The van der Waals surface area contributed by atoms with Crippen molar-refractivity contribution in [2.75, 3.05) is 18.8 Å². The van der Waals surface area contributed by atoms with Gasteiger partial charge in [-0.05, 0) is 43.5 Å². The average Bonchev–Trinajstić information content (AvgIpc) is 3.12. The van der Waals surface area contributed by atoms with E-state index in [1.165, 1.54) is 18.4 Å². The zero-order chi connectivity index (χ0) is 18.7. The van der Waals surface area contributed by atoms with Crippen LogP contribution in [0.5, 0.6) is 0 Å². The lowest BCUT2D eigenvalue weighted by Gasteiger charge is -2.31. The topological polar surface area (TPSA) is 79.6 Å². The van der Waals surface area contributed by atoms with Crippen LogP contribution in [-0.4, -0.2) is 44.1 Å². The molecule has 1 aliphatic rings. The lowest BCUT2D eigenvalue weighted by atomic mass is 10.0. The van der Waals surface area contributed by atoms with E-state index in [4.69, 9.17) is 4.42 Å². The van der Waals surface area contributed by atoms with Gasteiger partial charge >= 0.3 is 0 Å². The van der Waals surface area contributed by atoms with Crippen molar-refractivity contribution in [1.82, 2.24) is 9.62 Å². The second-order valence-electron chi connectivity index (χ2n) is 6.26. The number of hydrogen-bond donors (Lipinski definition) is 1. The molecule has 8 heteroatoms. The number of benzene rings is 1. The highest BCUT2D eigenvalue weighted by Crippen LogP contribution is 2.27. The van der Waals surface area contributed by atoms with Crippen molar-refractivity contribution in [3.63, 3.8) is 0 Å². The fourth-order valence-corrected chi connectivity index (χ4v) is 3.92. The molecule has 0 spiro atoms. The van der Waals surface area contributed by atoms with Crippen molar-refractivity contribution in [3.8, 4) is 11.1 Å². The first-order valence-electron chi connectivity index (χ1n) is 8.52. The van der Waals surface area contributed by atoms with Crippen molar-refractivity contribution in [2.24, 2.45) is 0 Å². The number of likely N-dealkylation sites (tertiary alicyclic amines) is 1. The van der Waals surface area contributed by atoms with Gasteiger partial charge in [-0.2, -0.15) is 0 Å². The maximum absolute atomic E-state index is 13.1. The van der Waals surface area contributed by atoms with Crippen LogP contribution in [0.3, 0.4) is 0 Å². The van der Waals surface area contributed by atoms with Crippen molar-refractivity contribution >= 4 is 15.9 Å². The van der Waals surface area contributed by atoms with Crippen LogP contribution in [0, 0.1) is 5.82 Å².